The van der Waals surface area contributed by atoms with Crippen molar-refractivity contribution in [2.45, 2.75) is 26.3 Å². The zero-order valence-electron chi connectivity index (χ0n) is 11.7. The second-order valence-electron chi connectivity index (χ2n) is 4.87. The fourth-order valence-electron chi connectivity index (χ4n) is 2.12. The van der Waals surface area contributed by atoms with E-state index in [4.69, 9.17) is 5.73 Å². The summed E-state index contributed by atoms with van der Waals surface area (Å²) in [6, 6.07) is 15.8. The van der Waals surface area contributed by atoms with Gasteiger partial charge in [0, 0.05) is 17.8 Å². The van der Waals surface area contributed by atoms with Crippen LogP contribution in [0.4, 0.5) is 5.69 Å². The van der Waals surface area contributed by atoms with Crippen molar-refractivity contribution in [1.29, 1.82) is 0 Å². The van der Waals surface area contributed by atoms with Gasteiger partial charge in [-0.05, 0) is 41.8 Å². The summed E-state index contributed by atoms with van der Waals surface area (Å²) in [6.45, 7) is 2.85. The summed E-state index contributed by atoms with van der Waals surface area (Å²) in [5.41, 5.74) is 9.29. The molecule has 0 saturated carbocycles. The van der Waals surface area contributed by atoms with Gasteiger partial charge in [-0.15, -0.1) is 0 Å². The van der Waals surface area contributed by atoms with Crippen molar-refractivity contribution in [3.05, 3.63) is 65.2 Å². The summed E-state index contributed by atoms with van der Waals surface area (Å²) in [5, 5.41) is 3.34. The van der Waals surface area contributed by atoms with Crippen LogP contribution in [0.5, 0.6) is 0 Å². The molecular weight excluding hydrogens is 248 g/mol. The van der Waals surface area contributed by atoms with Crippen molar-refractivity contribution >= 4 is 11.6 Å². The molecule has 2 rings (SSSR count). The molecule has 0 saturated heterocycles. The van der Waals surface area contributed by atoms with Crippen LogP contribution in [0.3, 0.4) is 0 Å². The van der Waals surface area contributed by atoms with Crippen LogP contribution in [0.15, 0.2) is 48.5 Å². The Balaban J connectivity index is 1.97. The molecule has 20 heavy (non-hydrogen) atoms. The fourth-order valence-corrected chi connectivity index (χ4v) is 2.12. The first-order valence-corrected chi connectivity index (χ1v) is 6.90. The van der Waals surface area contributed by atoms with E-state index < -0.39 is 5.91 Å². The number of primary amides is 1. The fraction of sp³-hybridized carbons (Fsp3) is 0.235. The monoisotopic (exact) mass is 268 g/mol. The van der Waals surface area contributed by atoms with Gasteiger partial charge in [-0.3, -0.25) is 4.79 Å². The number of anilines is 1. The molecule has 3 heteroatoms. The molecule has 0 bridgehead atoms. The van der Waals surface area contributed by atoms with Gasteiger partial charge in [-0.25, -0.2) is 0 Å². The molecule has 2 aromatic carbocycles. The molecule has 3 nitrogen and oxygen atoms in total. The van der Waals surface area contributed by atoms with Crippen molar-refractivity contribution in [1.82, 2.24) is 0 Å². The minimum absolute atomic E-state index is 0.393. The lowest BCUT2D eigenvalue weighted by atomic mass is 10.1. The number of nitrogens with two attached hydrogens (primary N) is 1. The summed E-state index contributed by atoms with van der Waals surface area (Å²) in [4.78, 5) is 11.1. The van der Waals surface area contributed by atoms with Gasteiger partial charge in [-0.1, -0.05) is 37.6 Å². The third-order valence-electron chi connectivity index (χ3n) is 3.20. The zero-order chi connectivity index (χ0) is 14.4. The standard InChI is InChI=1S/C17H20N2O/c1-2-4-13-7-9-16(10-8-13)19-12-14-5-3-6-15(11-14)17(18)20/h3,5-11,19H,2,4,12H2,1H3,(H2,18,20). The van der Waals surface area contributed by atoms with Crippen LogP contribution in [0.2, 0.25) is 0 Å². The lowest BCUT2D eigenvalue weighted by molar-refractivity contribution is 0.1000. The summed E-state index contributed by atoms with van der Waals surface area (Å²) < 4.78 is 0. The highest BCUT2D eigenvalue weighted by Gasteiger charge is 2.01. The van der Waals surface area contributed by atoms with E-state index in [0.29, 0.717) is 12.1 Å². The Kier molecular flexibility index (Phi) is 4.77. The van der Waals surface area contributed by atoms with Gasteiger partial charge in [0.2, 0.25) is 5.91 Å². The molecule has 1 amide bonds. The van der Waals surface area contributed by atoms with Crippen molar-refractivity contribution in [3.8, 4) is 0 Å². The van der Waals surface area contributed by atoms with E-state index in [0.717, 1.165) is 24.1 Å². The van der Waals surface area contributed by atoms with E-state index in [9.17, 15) is 4.79 Å². The second-order valence-corrected chi connectivity index (χ2v) is 4.87. The number of hydrogen-bond acceptors (Lipinski definition) is 2. The second kappa shape index (κ2) is 6.75. The number of carbonyl (C=O) groups excluding carboxylic acids is 1. The van der Waals surface area contributed by atoms with Gasteiger partial charge in [0.05, 0.1) is 0 Å². The Labute approximate surface area is 119 Å². The van der Waals surface area contributed by atoms with Crippen molar-refractivity contribution in [2.24, 2.45) is 5.73 Å². The molecule has 0 atom stereocenters. The van der Waals surface area contributed by atoms with Gasteiger partial charge in [-0.2, -0.15) is 0 Å². The van der Waals surface area contributed by atoms with E-state index in [1.54, 1.807) is 6.07 Å². The molecule has 0 aliphatic heterocycles. The zero-order valence-corrected chi connectivity index (χ0v) is 11.7. The van der Waals surface area contributed by atoms with Crippen LogP contribution in [0.25, 0.3) is 0 Å². The summed E-state index contributed by atoms with van der Waals surface area (Å²) >= 11 is 0. The molecule has 0 radical (unpaired) electrons. The van der Waals surface area contributed by atoms with Gasteiger partial charge < -0.3 is 11.1 Å². The smallest absolute Gasteiger partial charge is 0.248 e. The maximum atomic E-state index is 11.1. The molecule has 0 aromatic heterocycles. The quantitative estimate of drug-likeness (QED) is 0.844. The molecule has 0 aliphatic carbocycles. The number of nitrogens with one attached hydrogen (secondary N) is 1. The Morgan fingerprint density at radius 3 is 2.50 bits per heavy atom. The van der Waals surface area contributed by atoms with Crippen LogP contribution < -0.4 is 11.1 Å². The topological polar surface area (TPSA) is 55.1 Å². The molecule has 104 valence electrons. The first-order chi connectivity index (χ1) is 9.69. The third kappa shape index (κ3) is 3.85. The molecular formula is C17H20N2O. The molecule has 0 spiro atoms. The van der Waals surface area contributed by atoms with Gasteiger partial charge in [0.1, 0.15) is 0 Å². The van der Waals surface area contributed by atoms with Crippen LogP contribution in [0, 0.1) is 0 Å². The molecule has 0 unspecified atom stereocenters. The number of carbonyl (C=O) groups is 1. The van der Waals surface area contributed by atoms with Gasteiger partial charge in [0.15, 0.2) is 0 Å². The van der Waals surface area contributed by atoms with E-state index in [1.807, 2.05) is 18.2 Å². The highest BCUT2D eigenvalue weighted by atomic mass is 16.1. The summed E-state index contributed by atoms with van der Waals surface area (Å²) in [6.07, 6.45) is 2.27. The van der Waals surface area contributed by atoms with Crippen molar-refractivity contribution in [2.75, 3.05) is 5.32 Å². The minimum atomic E-state index is -0.393. The maximum absolute atomic E-state index is 11.1. The molecule has 0 fully saturated rings. The Hall–Kier alpha value is -2.29. The third-order valence-corrected chi connectivity index (χ3v) is 3.20. The molecule has 0 aliphatic rings. The first kappa shape index (κ1) is 14.1. The van der Waals surface area contributed by atoms with E-state index in [-0.39, 0.29) is 0 Å². The van der Waals surface area contributed by atoms with E-state index >= 15 is 0 Å². The van der Waals surface area contributed by atoms with Gasteiger partial charge >= 0.3 is 0 Å². The molecule has 3 N–H and O–H groups in total. The van der Waals surface area contributed by atoms with Crippen LogP contribution in [0.1, 0.15) is 34.8 Å². The average Bonchev–Trinajstić information content (AvgIpc) is 2.47. The Morgan fingerprint density at radius 2 is 1.85 bits per heavy atom. The predicted molar refractivity (Wildman–Crippen MR) is 82.7 cm³/mol. The van der Waals surface area contributed by atoms with Crippen LogP contribution in [-0.4, -0.2) is 5.91 Å². The number of aryl methyl sites for hydroxylation is 1. The highest BCUT2D eigenvalue weighted by molar-refractivity contribution is 5.92. The summed E-state index contributed by atoms with van der Waals surface area (Å²) in [5.74, 6) is -0.393. The predicted octanol–water partition coefficient (Wildman–Crippen LogP) is 3.35. The average molecular weight is 268 g/mol. The van der Waals surface area contributed by atoms with Crippen molar-refractivity contribution in [3.63, 3.8) is 0 Å². The van der Waals surface area contributed by atoms with Crippen molar-refractivity contribution < 1.29 is 4.79 Å². The van der Waals surface area contributed by atoms with E-state index in [1.165, 1.54) is 5.56 Å². The van der Waals surface area contributed by atoms with Crippen LogP contribution in [-0.2, 0) is 13.0 Å². The number of rotatable bonds is 6. The SMILES string of the molecule is CCCc1ccc(NCc2cccc(C(N)=O)c2)cc1. The largest absolute Gasteiger partial charge is 0.381 e. The first-order valence-electron chi connectivity index (χ1n) is 6.90. The van der Waals surface area contributed by atoms with E-state index in [2.05, 4.69) is 36.5 Å². The maximum Gasteiger partial charge on any atom is 0.248 e. The van der Waals surface area contributed by atoms with Gasteiger partial charge in [0.25, 0.3) is 0 Å². The number of benzene rings is 2. The molecule has 2 aromatic rings. The lowest BCUT2D eigenvalue weighted by Gasteiger charge is -2.08. The highest BCUT2D eigenvalue weighted by Crippen LogP contribution is 2.13. The number of amides is 1. The Bertz CT molecular complexity index is 576. The van der Waals surface area contributed by atoms with Crippen LogP contribution >= 0.6 is 0 Å². The lowest BCUT2D eigenvalue weighted by Crippen LogP contribution is -2.11. The number of hydrogen-bond donors (Lipinski definition) is 2. The normalized spacial score (nSPS) is 10.2. The Morgan fingerprint density at radius 1 is 1.10 bits per heavy atom. The minimum Gasteiger partial charge on any atom is -0.381 e. The summed E-state index contributed by atoms with van der Waals surface area (Å²) in [7, 11) is 0. The molecule has 0 heterocycles.